The fraction of sp³-hybridized carbons (Fsp3) is 0.639. The molecule has 1 saturated heterocycles. The van der Waals surface area contributed by atoms with Crippen LogP contribution in [0.1, 0.15) is 109 Å². The van der Waals surface area contributed by atoms with Crippen molar-refractivity contribution < 1.29 is 14.6 Å². The molecule has 5 heteroatoms. The highest BCUT2D eigenvalue weighted by molar-refractivity contribution is 6.80. The molecule has 0 aromatic heterocycles. The van der Waals surface area contributed by atoms with Gasteiger partial charge < -0.3 is 14.4 Å². The Morgan fingerprint density at radius 1 is 0.951 bits per heavy atom. The van der Waals surface area contributed by atoms with Gasteiger partial charge in [0, 0.05) is 11.8 Å². The van der Waals surface area contributed by atoms with Gasteiger partial charge in [-0.05, 0) is 83.9 Å². The quantitative estimate of drug-likeness (QED) is 0.214. The van der Waals surface area contributed by atoms with Crippen molar-refractivity contribution in [3.63, 3.8) is 0 Å². The summed E-state index contributed by atoms with van der Waals surface area (Å²) in [5.74, 6) is 1.19. The number of hydrogen-bond acceptors (Lipinski definition) is 3. The normalized spacial score (nSPS) is 17.4. The number of benzene rings is 2. The van der Waals surface area contributed by atoms with E-state index in [1.807, 2.05) is 0 Å². The van der Waals surface area contributed by atoms with E-state index in [1.165, 1.54) is 22.3 Å². The second kappa shape index (κ2) is 12.2. The van der Waals surface area contributed by atoms with E-state index in [1.54, 1.807) is 0 Å². The molecule has 0 radical (unpaired) electrons. The van der Waals surface area contributed by atoms with Gasteiger partial charge in [0.05, 0.1) is 12.1 Å². The highest BCUT2D eigenvalue weighted by Gasteiger charge is 2.52. The number of hydrogen-bond donors (Lipinski definition) is 1. The van der Waals surface area contributed by atoms with Crippen LogP contribution >= 0.6 is 0 Å². The molecule has 228 valence electrons. The van der Waals surface area contributed by atoms with Crippen molar-refractivity contribution >= 4 is 14.1 Å². The molecule has 4 nitrogen and oxygen atoms in total. The smallest absolute Gasteiger partial charge is 0.217 e. The number of rotatable bonds is 11. The van der Waals surface area contributed by atoms with Gasteiger partial charge in [-0.3, -0.25) is 4.79 Å². The number of carbonyl (C=O) groups is 1. The lowest BCUT2D eigenvalue weighted by Crippen LogP contribution is -2.69. The van der Waals surface area contributed by atoms with Crippen LogP contribution in [0, 0.1) is 19.3 Å². The summed E-state index contributed by atoms with van der Waals surface area (Å²) in [5.41, 5.74) is 6.27. The van der Waals surface area contributed by atoms with Gasteiger partial charge >= 0.3 is 0 Å². The van der Waals surface area contributed by atoms with Crippen molar-refractivity contribution in [1.82, 2.24) is 4.57 Å². The molecule has 1 heterocycles. The Labute approximate surface area is 252 Å². The number of aliphatic hydroxyl groups is 1. The molecule has 0 spiro atoms. The topological polar surface area (TPSA) is 49.8 Å². The summed E-state index contributed by atoms with van der Waals surface area (Å²) in [4.78, 5) is 12.6. The predicted molar refractivity (Wildman–Crippen MR) is 175 cm³/mol. The number of carbonyl (C=O) groups excluding carboxylic acids is 1. The lowest BCUT2D eigenvalue weighted by atomic mass is 9.69. The minimum Gasteiger partial charge on any atom is -0.491 e. The maximum Gasteiger partial charge on any atom is 0.217 e. The number of β-lactam (4-membered cyclic amide) rings is 1. The molecule has 1 aliphatic rings. The van der Waals surface area contributed by atoms with E-state index in [4.69, 9.17) is 4.74 Å². The molecule has 3 rings (SSSR count). The Bertz CT molecular complexity index is 1220. The molecule has 2 aromatic carbocycles. The molecular weight excluding hydrogens is 522 g/mol. The first-order valence-electron chi connectivity index (χ1n) is 15.7. The molecule has 41 heavy (non-hydrogen) atoms. The summed E-state index contributed by atoms with van der Waals surface area (Å²) < 4.78 is 8.55. The fourth-order valence-electron chi connectivity index (χ4n) is 6.27. The Morgan fingerprint density at radius 2 is 1.51 bits per heavy atom. The van der Waals surface area contributed by atoms with Crippen LogP contribution in [-0.2, 0) is 16.6 Å². The molecule has 1 N–H and O–H groups in total. The van der Waals surface area contributed by atoms with E-state index < -0.39 is 8.24 Å². The summed E-state index contributed by atoms with van der Waals surface area (Å²) in [7, 11) is -1.92. The van der Waals surface area contributed by atoms with Crippen molar-refractivity contribution in [2.24, 2.45) is 5.41 Å². The van der Waals surface area contributed by atoms with E-state index in [-0.39, 0.29) is 33.9 Å². The third kappa shape index (κ3) is 6.77. The fourth-order valence-corrected chi connectivity index (χ4v) is 8.79. The van der Waals surface area contributed by atoms with Crippen LogP contribution in [0.5, 0.6) is 5.75 Å². The van der Waals surface area contributed by atoms with E-state index >= 15 is 0 Å². The average Bonchev–Trinajstić information content (AvgIpc) is 2.86. The van der Waals surface area contributed by atoms with Crippen LogP contribution in [0.3, 0.4) is 0 Å². The molecule has 1 fully saturated rings. The van der Waals surface area contributed by atoms with E-state index in [2.05, 4.69) is 123 Å². The maximum absolute atomic E-state index is 12.6. The highest BCUT2D eigenvalue weighted by Crippen LogP contribution is 2.44. The Balaban J connectivity index is 1.79. The molecule has 0 bridgehead atoms. The second-order valence-corrected chi connectivity index (χ2v) is 20.2. The van der Waals surface area contributed by atoms with Crippen molar-refractivity contribution in [1.29, 1.82) is 0 Å². The highest BCUT2D eigenvalue weighted by atomic mass is 28.3. The van der Waals surface area contributed by atoms with Gasteiger partial charge in [-0.15, -0.1) is 0 Å². The van der Waals surface area contributed by atoms with Gasteiger partial charge in [-0.1, -0.05) is 98.8 Å². The number of aryl methyl sites for hydroxylation is 3. The molecule has 2 aromatic rings. The minimum absolute atomic E-state index is 0.0724. The molecule has 0 saturated carbocycles. The van der Waals surface area contributed by atoms with Crippen LogP contribution in [-0.4, -0.2) is 42.6 Å². The first-order valence-corrected chi connectivity index (χ1v) is 18.7. The monoisotopic (exact) mass is 579 g/mol. The SMILES string of the molecule is CCC(CC)(c1ccc(CC[C@H](O)C(C)(C)C)c(C)c1)c1ccc(OCC2CC(=O)N2[Si](C)(C)C(C)(C)C)c(C)c1. The van der Waals surface area contributed by atoms with Gasteiger partial charge in [0.2, 0.25) is 5.91 Å². The molecular formula is C36H57NO3Si. The maximum atomic E-state index is 12.6. The Morgan fingerprint density at radius 3 is 1.98 bits per heavy atom. The lowest BCUT2D eigenvalue weighted by molar-refractivity contribution is -0.140. The van der Waals surface area contributed by atoms with Gasteiger partial charge in [-0.25, -0.2) is 0 Å². The van der Waals surface area contributed by atoms with Crippen LogP contribution in [0.4, 0.5) is 0 Å². The first-order chi connectivity index (χ1) is 18.9. The van der Waals surface area contributed by atoms with Crippen LogP contribution < -0.4 is 4.74 Å². The summed E-state index contributed by atoms with van der Waals surface area (Å²) in [6.07, 6.45) is 3.96. The number of aliphatic hydroxyl groups excluding tert-OH is 1. The van der Waals surface area contributed by atoms with Crippen molar-refractivity contribution in [3.8, 4) is 5.75 Å². The number of amides is 1. The van der Waals surface area contributed by atoms with Gasteiger partial charge in [0.15, 0.2) is 8.24 Å². The van der Waals surface area contributed by atoms with Crippen LogP contribution in [0.15, 0.2) is 36.4 Å². The zero-order chi connectivity index (χ0) is 31.0. The van der Waals surface area contributed by atoms with E-state index in [0.29, 0.717) is 13.0 Å². The third-order valence-corrected chi connectivity index (χ3v) is 15.9. The summed E-state index contributed by atoms with van der Waals surface area (Å²) in [6, 6.07) is 13.8. The van der Waals surface area contributed by atoms with E-state index in [9.17, 15) is 9.90 Å². The third-order valence-electron chi connectivity index (χ3n) is 10.4. The second-order valence-electron chi connectivity index (χ2n) is 15.1. The van der Waals surface area contributed by atoms with Crippen LogP contribution in [0.25, 0.3) is 0 Å². The molecule has 1 aliphatic heterocycles. The van der Waals surface area contributed by atoms with Gasteiger partial charge in [0.25, 0.3) is 0 Å². The number of ether oxygens (including phenoxy) is 1. The Hall–Kier alpha value is -2.11. The standard InChI is InChI=1S/C36H57NO3Si/c1-13-36(14-2,28-17-15-27(25(3)21-28)16-20-32(38)34(5,6)7)29-18-19-31(26(4)22-29)40-24-30-23-33(39)37(30)41(11,12)35(8,9)10/h15,17-19,21-22,30,32,38H,13-14,16,20,23-24H2,1-12H3/t30?,32-/m0/s1. The lowest BCUT2D eigenvalue weighted by Gasteiger charge is -2.54. The molecule has 2 atom stereocenters. The summed E-state index contributed by atoms with van der Waals surface area (Å²) in [5, 5.41) is 10.7. The first kappa shape index (κ1) is 33.4. The zero-order valence-electron chi connectivity index (χ0n) is 28.1. The van der Waals surface area contributed by atoms with Crippen molar-refractivity contribution in [3.05, 3.63) is 64.2 Å². The molecule has 0 aliphatic carbocycles. The van der Waals surface area contributed by atoms with Crippen molar-refractivity contribution in [2.75, 3.05) is 6.61 Å². The zero-order valence-corrected chi connectivity index (χ0v) is 29.1. The predicted octanol–water partition coefficient (Wildman–Crippen LogP) is 8.73. The largest absolute Gasteiger partial charge is 0.491 e. The summed E-state index contributed by atoms with van der Waals surface area (Å²) in [6.45, 7) is 27.1. The molecule has 1 amide bonds. The van der Waals surface area contributed by atoms with Gasteiger partial charge in [0.1, 0.15) is 12.4 Å². The number of nitrogens with zero attached hydrogens (tertiary/aromatic N) is 1. The van der Waals surface area contributed by atoms with Crippen LogP contribution in [0.2, 0.25) is 18.1 Å². The van der Waals surface area contributed by atoms with Crippen molar-refractivity contribution in [2.45, 2.75) is 137 Å². The Kier molecular flexibility index (Phi) is 9.97. The van der Waals surface area contributed by atoms with Gasteiger partial charge in [-0.2, -0.15) is 0 Å². The average molecular weight is 580 g/mol. The van der Waals surface area contributed by atoms with E-state index in [0.717, 1.165) is 37.0 Å². The summed E-state index contributed by atoms with van der Waals surface area (Å²) >= 11 is 0. The minimum atomic E-state index is -1.92. The molecule has 1 unspecified atom stereocenters.